The van der Waals surface area contributed by atoms with Crippen molar-refractivity contribution >= 4 is 34.0 Å². The van der Waals surface area contributed by atoms with Gasteiger partial charge in [-0.15, -0.1) is 11.3 Å². The normalized spacial score (nSPS) is 17.6. The van der Waals surface area contributed by atoms with Crippen LogP contribution in [0, 0.1) is 0 Å². The Balaban J connectivity index is 1.48. The Bertz CT molecular complexity index is 1020. The SMILES string of the molecule is COC1CN(c2nc(C(=O)Nc3ccc(CN4CCOCC4)cc3C(=O)NC[C@@H](C)OC)cs2)C1. The van der Waals surface area contributed by atoms with Crippen molar-refractivity contribution in [1.82, 2.24) is 15.2 Å². The molecule has 0 radical (unpaired) electrons. The lowest BCUT2D eigenvalue weighted by molar-refractivity contribution is 0.0342. The van der Waals surface area contributed by atoms with Gasteiger partial charge in [0.2, 0.25) is 0 Å². The van der Waals surface area contributed by atoms with Gasteiger partial charge >= 0.3 is 0 Å². The van der Waals surface area contributed by atoms with E-state index in [-0.39, 0.29) is 24.0 Å². The fourth-order valence-corrected chi connectivity index (χ4v) is 4.69. The molecule has 35 heavy (non-hydrogen) atoms. The smallest absolute Gasteiger partial charge is 0.275 e. The molecule has 0 saturated carbocycles. The first-order chi connectivity index (χ1) is 17.0. The molecule has 2 fully saturated rings. The molecule has 2 aliphatic heterocycles. The molecule has 0 spiro atoms. The van der Waals surface area contributed by atoms with E-state index in [1.807, 2.05) is 19.1 Å². The van der Waals surface area contributed by atoms with Crippen LogP contribution in [0.3, 0.4) is 0 Å². The van der Waals surface area contributed by atoms with Gasteiger partial charge in [0.1, 0.15) is 5.69 Å². The number of benzene rings is 1. The average molecular weight is 504 g/mol. The zero-order chi connectivity index (χ0) is 24.8. The van der Waals surface area contributed by atoms with E-state index in [1.165, 1.54) is 11.3 Å². The van der Waals surface area contributed by atoms with E-state index in [1.54, 1.807) is 25.7 Å². The summed E-state index contributed by atoms with van der Waals surface area (Å²) in [5.41, 5.74) is 2.17. The van der Waals surface area contributed by atoms with E-state index >= 15 is 0 Å². The Morgan fingerprint density at radius 2 is 2.00 bits per heavy atom. The third-order valence-electron chi connectivity index (χ3n) is 6.22. The summed E-state index contributed by atoms with van der Waals surface area (Å²) in [6, 6.07) is 5.57. The highest BCUT2D eigenvalue weighted by atomic mass is 32.1. The molecule has 4 rings (SSSR count). The molecule has 1 aromatic heterocycles. The van der Waals surface area contributed by atoms with Crippen LogP contribution < -0.4 is 15.5 Å². The number of nitrogens with one attached hydrogen (secondary N) is 2. The van der Waals surface area contributed by atoms with Crippen LogP contribution in [0.1, 0.15) is 33.3 Å². The number of rotatable bonds is 10. The lowest BCUT2D eigenvalue weighted by atomic mass is 10.1. The molecule has 0 bridgehead atoms. The van der Waals surface area contributed by atoms with Crippen molar-refractivity contribution in [2.75, 3.05) is 70.4 Å². The van der Waals surface area contributed by atoms with Gasteiger partial charge in [0.15, 0.2) is 5.13 Å². The number of nitrogens with zero attached hydrogens (tertiary/aromatic N) is 3. The number of aromatic nitrogens is 1. The molecule has 3 heterocycles. The summed E-state index contributed by atoms with van der Waals surface area (Å²) in [4.78, 5) is 34.9. The third kappa shape index (κ3) is 6.56. The Kier molecular flexibility index (Phi) is 8.69. The Morgan fingerprint density at radius 3 is 2.71 bits per heavy atom. The first-order valence-corrected chi connectivity index (χ1v) is 12.6. The predicted octanol–water partition coefficient (Wildman–Crippen LogP) is 1.83. The molecule has 11 heteroatoms. The number of ether oxygens (including phenoxy) is 3. The van der Waals surface area contributed by atoms with Crippen molar-refractivity contribution in [2.24, 2.45) is 0 Å². The van der Waals surface area contributed by atoms with Gasteiger partial charge in [-0.2, -0.15) is 0 Å². The molecule has 1 atom stereocenters. The van der Waals surface area contributed by atoms with Crippen LogP contribution in [0.2, 0.25) is 0 Å². The summed E-state index contributed by atoms with van der Waals surface area (Å²) in [6.45, 7) is 7.58. The fraction of sp³-hybridized carbons (Fsp3) is 0.542. The lowest BCUT2D eigenvalue weighted by Crippen LogP contribution is -2.51. The maximum absolute atomic E-state index is 13.1. The standard InChI is InChI=1S/C24H33N5O5S/c1-16(32-2)11-25-22(30)19-10-17(12-28-6-8-34-9-7-28)4-5-20(19)26-23(31)21-15-35-24(27-21)29-13-18(14-29)33-3/h4-5,10,15-16,18H,6-9,11-14H2,1-3H3,(H,25,30)(H,26,31)/t16-/m1/s1. The molecule has 0 unspecified atom stereocenters. The molecule has 0 aliphatic carbocycles. The van der Waals surface area contributed by atoms with Gasteiger partial charge in [-0.1, -0.05) is 6.07 Å². The van der Waals surface area contributed by atoms with Crippen LogP contribution in [0.25, 0.3) is 0 Å². The molecular formula is C24H33N5O5S. The molecule has 2 saturated heterocycles. The van der Waals surface area contributed by atoms with Gasteiger partial charge in [-0.05, 0) is 24.6 Å². The summed E-state index contributed by atoms with van der Waals surface area (Å²) in [5, 5.41) is 8.30. The topological polar surface area (TPSA) is 105 Å². The molecule has 1 aromatic carbocycles. The number of morpholine rings is 1. The second kappa shape index (κ2) is 11.9. The molecule has 2 aliphatic rings. The molecule has 2 aromatic rings. The van der Waals surface area contributed by atoms with E-state index in [0.29, 0.717) is 43.2 Å². The molecular weight excluding hydrogens is 470 g/mol. The number of carbonyl (C=O) groups excluding carboxylic acids is 2. The van der Waals surface area contributed by atoms with E-state index < -0.39 is 0 Å². The van der Waals surface area contributed by atoms with Gasteiger partial charge in [-0.3, -0.25) is 14.5 Å². The minimum absolute atomic E-state index is 0.124. The molecule has 2 amide bonds. The van der Waals surface area contributed by atoms with Crippen LogP contribution in [0.15, 0.2) is 23.6 Å². The monoisotopic (exact) mass is 503 g/mol. The second-order valence-electron chi connectivity index (χ2n) is 8.76. The van der Waals surface area contributed by atoms with Crippen LogP contribution in [-0.2, 0) is 20.8 Å². The Labute approximate surface area is 209 Å². The third-order valence-corrected chi connectivity index (χ3v) is 7.12. The van der Waals surface area contributed by atoms with Crippen molar-refractivity contribution in [1.29, 1.82) is 0 Å². The number of amides is 2. The highest BCUT2D eigenvalue weighted by molar-refractivity contribution is 7.14. The molecule has 10 nitrogen and oxygen atoms in total. The summed E-state index contributed by atoms with van der Waals surface area (Å²) < 4.78 is 16.0. The van der Waals surface area contributed by atoms with Crippen molar-refractivity contribution < 1.29 is 23.8 Å². The number of hydrogen-bond donors (Lipinski definition) is 2. The Morgan fingerprint density at radius 1 is 1.23 bits per heavy atom. The zero-order valence-electron chi connectivity index (χ0n) is 20.4. The summed E-state index contributed by atoms with van der Waals surface area (Å²) >= 11 is 1.42. The van der Waals surface area contributed by atoms with Gasteiger partial charge in [-0.25, -0.2) is 4.98 Å². The van der Waals surface area contributed by atoms with Crippen LogP contribution in [0.4, 0.5) is 10.8 Å². The first-order valence-electron chi connectivity index (χ1n) is 11.8. The minimum Gasteiger partial charge on any atom is -0.380 e. The van der Waals surface area contributed by atoms with Crippen LogP contribution >= 0.6 is 11.3 Å². The van der Waals surface area contributed by atoms with Crippen LogP contribution in [-0.4, -0.2) is 94.1 Å². The van der Waals surface area contributed by atoms with Gasteiger partial charge in [0.05, 0.1) is 36.7 Å². The summed E-state index contributed by atoms with van der Waals surface area (Å²) in [6.07, 6.45) is 0.0789. The summed E-state index contributed by atoms with van der Waals surface area (Å²) in [7, 11) is 3.29. The maximum Gasteiger partial charge on any atom is 0.275 e. The predicted molar refractivity (Wildman–Crippen MR) is 134 cm³/mol. The van der Waals surface area contributed by atoms with E-state index in [2.05, 4.69) is 25.4 Å². The van der Waals surface area contributed by atoms with Crippen molar-refractivity contribution in [3.05, 3.63) is 40.4 Å². The largest absolute Gasteiger partial charge is 0.380 e. The number of thiazole rings is 1. The average Bonchev–Trinajstić information content (AvgIpc) is 3.33. The van der Waals surface area contributed by atoms with Crippen molar-refractivity contribution in [3.63, 3.8) is 0 Å². The van der Waals surface area contributed by atoms with Crippen LogP contribution in [0.5, 0.6) is 0 Å². The highest BCUT2D eigenvalue weighted by Crippen LogP contribution is 2.27. The molecule has 2 N–H and O–H groups in total. The minimum atomic E-state index is -0.350. The van der Waals surface area contributed by atoms with Crippen molar-refractivity contribution in [3.8, 4) is 0 Å². The second-order valence-corrected chi connectivity index (χ2v) is 9.59. The maximum atomic E-state index is 13.1. The fourth-order valence-electron chi connectivity index (χ4n) is 3.86. The number of methoxy groups -OCH3 is 2. The van der Waals surface area contributed by atoms with Crippen molar-refractivity contribution in [2.45, 2.75) is 25.7 Å². The molecule has 190 valence electrons. The number of anilines is 2. The Hall–Kier alpha value is -2.57. The van der Waals surface area contributed by atoms with Gasteiger partial charge in [0.25, 0.3) is 11.8 Å². The van der Waals surface area contributed by atoms with E-state index in [0.717, 1.165) is 36.9 Å². The lowest BCUT2D eigenvalue weighted by Gasteiger charge is -2.37. The highest BCUT2D eigenvalue weighted by Gasteiger charge is 2.29. The van der Waals surface area contributed by atoms with E-state index in [9.17, 15) is 9.59 Å². The first kappa shape index (κ1) is 25.5. The number of carbonyl (C=O) groups is 2. The number of hydrogen-bond acceptors (Lipinski definition) is 9. The quantitative estimate of drug-likeness (QED) is 0.506. The zero-order valence-corrected chi connectivity index (χ0v) is 21.2. The van der Waals surface area contributed by atoms with Gasteiger partial charge < -0.3 is 29.7 Å². The summed E-state index contributed by atoms with van der Waals surface area (Å²) in [5.74, 6) is -0.616. The van der Waals surface area contributed by atoms with E-state index in [4.69, 9.17) is 14.2 Å². The van der Waals surface area contributed by atoms with Gasteiger partial charge in [0, 0.05) is 58.9 Å².